The Morgan fingerprint density at radius 2 is 1.01 bits per heavy atom. The molecule has 20 nitrogen and oxygen atoms in total. The summed E-state index contributed by atoms with van der Waals surface area (Å²) in [6.45, 7) is 8.43. The van der Waals surface area contributed by atoms with Gasteiger partial charge in [-0.3, -0.25) is 18.2 Å². The van der Waals surface area contributed by atoms with E-state index in [4.69, 9.17) is 44.2 Å². The number of fused-ring (bicyclic) bond motifs is 12. The molecule has 0 bridgehead atoms. The summed E-state index contributed by atoms with van der Waals surface area (Å²) in [5.41, 5.74) is 8.17. The van der Waals surface area contributed by atoms with Crippen LogP contribution in [0.5, 0.6) is 11.5 Å². The van der Waals surface area contributed by atoms with Crippen LogP contribution in [0.4, 0.5) is 20.2 Å². The van der Waals surface area contributed by atoms with Gasteiger partial charge in [-0.15, -0.1) is 0 Å². The highest BCUT2D eigenvalue weighted by Gasteiger charge is 2.53. The van der Waals surface area contributed by atoms with E-state index >= 15 is 0 Å². The molecule has 6 aromatic heterocycles. The van der Waals surface area contributed by atoms with E-state index in [1.54, 1.807) is 36.4 Å². The third kappa shape index (κ3) is 11.6. The number of furan rings is 2. The Bertz CT molecular complexity index is 5370. The lowest BCUT2D eigenvalue weighted by Gasteiger charge is -2.32. The highest BCUT2D eigenvalue weighted by atomic mass is 35.5. The quantitative estimate of drug-likeness (QED) is 0.0958. The standard InChI is InChI=1S/C32H25FN4O5S.C24H28BFN2O6S.C14H9ClN2O/c1-34-32(38)29-22-15-21(23-12-13-27-30(35-23)26-14-19-6-4-5-7-24(19)37(26)17-41-27)25(36(2)43(3,39)40)16-28(22)42-31(29)18-8-10-20(33)11-9-18;1-23(2)24(3,4)34-25(33-23)17-12-16-19(13-18(17)28(6)35(7,30)31)32-21(20(16)22(29)27-5)14-8-10-15(26)11-9-14;15-13-6-5-12-14(16-13)11-7-9-3-1-2-4-10(9)17(11)8-18-12/h4-16H,17H2,1-3H3,(H,34,38);8-13H,1-7H3,(H,27,29);1-7H,8H2. The predicted octanol–water partition coefficient (Wildman–Crippen LogP) is 13.0. The Morgan fingerprint density at radius 1 is 0.573 bits per heavy atom. The van der Waals surface area contributed by atoms with Crippen LogP contribution in [-0.2, 0) is 42.8 Å². The van der Waals surface area contributed by atoms with Gasteiger partial charge in [0.2, 0.25) is 20.0 Å². The maximum absolute atomic E-state index is 13.7. The number of para-hydroxylation sites is 2. The summed E-state index contributed by atoms with van der Waals surface area (Å²) >= 11 is 5.97. The molecule has 96 heavy (non-hydrogen) atoms. The molecular formula is C70H62BClF2N8O12S2. The van der Waals surface area contributed by atoms with Crippen molar-refractivity contribution in [2.45, 2.75) is 52.4 Å². The smallest absolute Gasteiger partial charge is 0.470 e. The lowest BCUT2D eigenvalue weighted by atomic mass is 9.77. The molecule has 1 fully saturated rings. The molecule has 490 valence electrons. The number of aromatic nitrogens is 4. The fourth-order valence-corrected chi connectivity index (χ4v) is 13.0. The highest BCUT2D eigenvalue weighted by molar-refractivity contribution is 7.92. The van der Waals surface area contributed by atoms with E-state index < -0.39 is 61.8 Å². The van der Waals surface area contributed by atoms with E-state index in [0.29, 0.717) is 80.1 Å². The molecular weight excluding hydrogens is 1290 g/mol. The third-order valence-electron chi connectivity index (χ3n) is 17.7. The topological polar surface area (TPSA) is 232 Å². The zero-order valence-electron chi connectivity index (χ0n) is 53.5. The number of carbonyl (C=O) groups is 2. The first-order chi connectivity index (χ1) is 45.6. The molecule has 0 saturated carbocycles. The van der Waals surface area contributed by atoms with Crippen molar-refractivity contribution in [1.29, 1.82) is 0 Å². The number of hydrogen-bond donors (Lipinski definition) is 2. The molecule has 15 rings (SSSR count). The van der Waals surface area contributed by atoms with Crippen molar-refractivity contribution < 1.29 is 62.8 Å². The number of anilines is 2. The SMILES string of the molecule is CNC(=O)c1c(-c2ccc(F)cc2)oc2cc(N(C)S(C)(=O)=O)c(-c3ccc4c(n3)-c3cc5ccccc5n3CO4)cc12.CNC(=O)c1c(-c2ccc(F)cc2)oc2cc(N(C)S(C)(=O)=O)c(B3OC(C)(C)C(C)(C)O3)cc12.Clc1ccc2c(n1)-c1cc3ccccc3n1CO2. The van der Waals surface area contributed by atoms with Crippen LogP contribution in [0.25, 0.3) is 100 Å². The number of pyridine rings is 2. The van der Waals surface area contributed by atoms with Crippen molar-refractivity contribution in [3.63, 3.8) is 0 Å². The zero-order valence-corrected chi connectivity index (χ0v) is 55.9. The number of ether oxygens (including phenoxy) is 2. The molecule has 26 heteroatoms. The normalized spacial score (nSPS) is 14.3. The molecule has 12 aromatic rings. The minimum atomic E-state index is -3.71. The number of amides is 2. The van der Waals surface area contributed by atoms with Gasteiger partial charge in [0.05, 0.1) is 74.3 Å². The van der Waals surface area contributed by atoms with Crippen LogP contribution in [0.1, 0.15) is 48.4 Å². The predicted molar refractivity (Wildman–Crippen MR) is 368 cm³/mol. The van der Waals surface area contributed by atoms with Gasteiger partial charge in [-0.1, -0.05) is 48.0 Å². The van der Waals surface area contributed by atoms with Crippen molar-refractivity contribution in [3.05, 3.63) is 186 Å². The van der Waals surface area contributed by atoms with Crippen LogP contribution >= 0.6 is 11.6 Å². The van der Waals surface area contributed by atoms with Gasteiger partial charge in [0.1, 0.15) is 62.4 Å². The molecule has 2 N–H and O–H groups in total. The lowest BCUT2D eigenvalue weighted by Crippen LogP contribution is -2.41. The van der Waals surface area contributed by atoms with Gasteiger partial charge in [-0.25, -0.2) is 35.6 Å². The van der Waals surface area contributed by atoms with Crippen molar-refractivity contribution in [2.24, 2.45) is 0 Å². The van der Waals surface area contributed by atoms with Crippen LogP contribution in [0.2, 0.25) is 5.15 Å². The molecule has 0 spiro atoms. The fraction of sp³-hybridized carbons (Fsp3) is 0.200. The zero-order chi connectivity index (χ0) is 68.1. The number of benzene rings is 6. The average molecular weight is 1360 g/mol. The van der Waals surface area contributed by atoms with Gasteiger partial charge < -0.3 is 47.4 Å². The van der Waals surface area contributed by atoms with E-state index in [1.807, 2.05) is 80.8 Å². The fourth-order valence-electron chi connectivity index (χ4n) is 11.8. The minimum absolute atomic E-state index is 0.232. The number of carbonyl (C=O) groups excluding carboxylic acids is 2. The van der Waals surface area contributed by atoms with Crippen molar-refractivity contribution in [1.82, 2.24) is 29.7 Å². The lowest BCUT2D eigenvalue weighted by molar-refractivity contribution is 0.00578. The monoisotopic (exact) mass is 1350 g/mol. The number of nitrogens with one attached hydrogen (secondary N) is 2. The summed E-state index contributed by atoms with van der Waals surface area (Å²) in [5, 5.41) is 8.87. The summed E-state index contributed by atoms with van der Waals surface area (Å²) < 4.78 is 121. The number of rotatable bonds is 10. The molecule has 2 amide bonds. The highest BCUT2D eigenvalue weighted by Crippen LogP contribution is 2.46. The van der Waals surface area contributed by atoms with Gasteiger partial charge in [-0.2, -0.15) is 0 Å². The van der Waals surface area contributed by atoms with E-state index in [1.165, 1.54) is 82.1 Å². The second-order valence-electron chi connectivity index (χ2n) is 24.2. The van der Waals surface area contributed by atoms with E-state index in [2.05, 4.69) is 44.5 Å². The minimum Gasteiger partial charge on any atom is -0.470 e. The van der Waals surface area contributed by atoms with Gasteiger partial charge in [0, 0.05) is 84.0 Å². The first kappa shape index (κ1) is 64.7. The third-order valence-corrected chi connectivity index (χ3v) is 20.3. The second-order valence-corrected chi connectivity index (χ2v) is 28.6. The Labute approximate surface area is 556 Å². The second kappa shape index (κ2) is 24.3. The van der Waals surface area contributed by atoms with Crippen LogP contribution in [0.15, 0.2) is 167 Å². The molecule has 9 heterocycles. The van der Waals surface area contributed by atoms with Crippen molar-refractivity contribution in [2.75, 3.05) is 49.3 Å². The van der Waals surface area contributed by atoms with Gasteiger partial charge in [0.25, 0.3) is 11.8 Å². The van der Waals surface area contributed by atoms with Gasteiger partial charge in [-0.05, 0) is 137 Å². The number of hydrogen-bond acceptors (Lipinski definition) is 14. The Balaban J connectivity index is 0.000000140. The van der Waals surface area contributed by atoms with Crippen LogP contribution in [-0.4, -0.2) is 107 Å². The van der Waals surface area contributed by atoms with Crippen molar-refractivity contribution in [3.8, 4) is 68.2 Å². The summed E-state index contributed by atoms with van der Waals surface area (Å²) in [7, 11) is -2.38. The molecule has 1 saturated heterocycles. The summed E-state index contributed by atoms with van der Waals surface area (Å²) in [6.07, 6.45) is 2.20. The molecule has 3 aliphatic rings. The van der Waals surface area contributed by atoms with Crippen LogP contribution < -0.4 is 34.2 Å². The molecule has 0 atom stereocenters. The van der Waals surface area contributed by atoms with Gasteiger partial charge >= 0.3 is 7.12 Å². The number of sulfonamides is 2. The maximum Gasteiger partial charge on any atom is 0.497 e. The summed E-state index contributed by atoms with van der Waals surface area (Å²) in [4.78, 5) is 35.5. The first-order valence-electron chi connectivity index (χ1n) is 30.1. The Kier molecular flexibility index (Phi) is 16.4. The molecule has 6 aromatic carbocycles. The number of nitrogens with zero attached hydrogens (tertiary/aromatic N) is 6. The van der Waals surface area contributed by atoms with E-state index in [0.717, 1.165) is 60.4 Å². The van der Waals surface area contributed by atoms with Crippen LogP contribution in [0, 0.1) is 11.6 Å². The molecule has 3 aliphatic heterocycles. The van der Waals surface area contributed by atoms with Crippen LogP contribution in [0.3, 0.4) is 0 Å². The Hall–Kier alpha value is -10.0. The molecule has 0 radical (unpaired) electrons. The first-order valence-corrected chi connectivity index (χ1v) is 34.2. The largest absolute Gasteiger partial charge is 0.497 e. The van der Waals surface area contributed by atoms with Gasteiger partial charge in [0.15, 0.2) is 13.5 Å². The van der Waals surface area contributed by atoms with E-state index in [9.17, 15) is 35.2 Å². The average Bonchev–Trinajstić information content (AvgIpc) is 1.54. The summed E-state index contributed by atoms with van der Waals surface area (Å²) in [5.74, 6) is 0.181. The van der Waals surface area contributed by atoms with Crippen molar-refractivity contribution >= 4 is 111 Å². The molecule has 0 aliphatic carbocycles. The van der Waals surface area contributed by atoms with E-state index in [-0.39, 0.29) is 33.8 Å². The number of halogens is 3. The molecule has 0 unspecified atom stereocenters. The summed E-state index contributed by atoms with van der Waals surface area (Å²) in [6, 6.07) is 45.2. The maximum atomic E-state index is 13.7. The Morgan fingerprint density at radius 3 is 1.49 bits per heavy atom.